The second-order valence-electron chi connectivity index (χ2n) is 3.65. The van der Waals surface area contributed by atoms with Gasteiger partial charge in [-0.3, -0.25) is 4.79 Å². The summed E-state index contributed by atoms with van der Waals surface area (Å²) in [7, 11) is 0. The number of carbonyl (C=O) groups is 1. The average Bonchev–Trinajstić information content (AvgIpc) is 2.26. The number of aliphatic hydroxyl groups is 1. The van der Waals surface area contributed by atoms with Crippen LogP contribution < -0.4 is 11.1 Å². The Morgan fingerprint density at radius 1 is 1.60 bits per heavy atom. The first-order chi connectivity index (χ1) is 7.05. The fourth-order valence-electron chi connectivity index (χ4n) is 1.26. The van der Waals surface area contributed by atoms with Crippen molar-refractivity contribution in [2.45, 2.75) is 44.7 Å². The number of hydrogen-bond donors (Lipinski definition) is 3. The van der Waals surface area contributed by atoms with Crippen LogP contribution in [-0.4, -0.2) is 29.2 Å². The SMILES string of the molecule is C#CCC(N)C(=O)NC(CC)(CC)CO. The van der Waals surface area contributed by atoms with Gasteiger partial charge in [0, 0.05) is 6.42 Å². The zero-order chi connectivity index (χ0) is 11.9. The molecule has 0 aromatic rings. The van der Waals surface area contributed by atoms with E-state index in [1.807, 2.05) is 13.8 Å². The quantitative estimate of drug-likeness (QED) is 0.543. The number of nitrogens with two attached hydrogens (primary N) is 1. The Morgan fingerprint density at radius 3 is 2.47 bits per heavy atom. The first-order valence-electron chi connectivity index (χ1n) is 5.17. The van der Waals surface area contributed by atoms with E-state index in [1.165, 1.54) is 0 Å². The van der Waals surface area contributed by atoms with Crippen molar-refractivity contribution in [2.24, 2.45) is 5.73 Å². The zero-order valence-corrected chi connectivity index (χ0v) is 9.42. The number of aliphatic hydroxyl groups excluding tert-OH is 1. The molecule has 0 aliphatic carbocycles. The molecule has 0 rings (SSSR count). The van der Waals surface area contributed by atoms with Gasteiger partial charge in [0.05, 0.1) is 18.2 Å². The normalized spacial score (nSPS) is 13.0. The Labute approximate surface area is 91.2 Å². The van der Waals surface area contributed by atoms with Gasteiger partial charge < -0.3 is 16.2 Å². The van der Waals surface area contributed by atoms with E-state index in [0.717, 1.165) is 0 Å². The molecule has 0 aromatic heterocycles. The molecule has 1 atom stereocenters. The third-order valence-corrected chi connectivity index (χ3v) is 2.72. The van der Waals surface area contributed by atoms with Crippen LogP contribution in [0.3, 0.4) is 0 Å². The molecule has 0 spiro atoms. The van der Waals surface area contributed by atoms with Gasteiger partial charge in [0.1, 0.15) is 0 Å². The van der Waals surface area contributed by atoms with Gasteiger partial charge in [0.25, 0.3) is 0 Å². The molecule has 0 bridgehead atoms. The third kappa shape index (κ3) is 3.90. The van der Waals surface area contributed by atoms with Gasteiger partial charge in [-0.2, -0.15) is 0 Å². The second kappa shape index (κ2) is 6.44. The molecule has 4 nitrogen and oxygen atoms in total. The lowest BCUT2D eigenvalue weighted by Crippen LogP contribution is -2.55. The molecule has 0 saturated heterocycles. The standard InChI is InChI=1S/C11H20N2O2/c1-4-7-9(12)10(15)13-11(5-2,6-3)8-14/h1,9,14H,5-8,12H2,2-3H3,(H,13,15). The predicted octanol–water partition coefficient (Wildman–Crippen LogP) is 0.00430. The maximum atomic E-state index is 11.6. The maximum Gasteiger partial charge on any atom is 0.238 e. The Balaban J connectivity index is 4.42. The summed E-state index contributed by atoms with van der Waals surface area (Å²) in [5, 5.41) is 12.0. The van der Waals surface area contributed by atoms with Crippen molar-refractivity contribution in [3.8, 4) is 12.3 Å². The van der Waals surface area contributed by atoms with Gasteiger partial charge >= 0.3 is 0 Å². The van der Waals surface area contributed by atoms with E-state index in [2.05, 4.69) is 11.2 Å². The number of nitrogens with one attached hydrogen (secondary N) is 1. The summed E-state index contributed by atoms with van der Waals surface area (Å²) < 4.78 is 0. The van der Waals surface area contributed by atoms with Crippen molar-refractivity contribution < 1.29 is 9.90 Å². The zero-order valence-electron chi connectivity index (χ0n) is 9.42. The Morgan fingerprint density at radius 2 is 2.13 bits per heavy atom. The van der Waals surface area contributed by atoms with Crippen molar-refractivity contribution in [1.29, 1.82) is 0 Å². The van der Waals surface area contributed by atoms with Gasteiger partial charge in [0.2, 0.25) is 5.91 Å². The van der Waals surface area contributed by atoms with Crippen molar-refractivity contribution in [3.63, 3.8) is 0 Å². The fraction of sp³-hybridized carbons (Fsp3) is 0.727. The molecule has 0 aliphatic heterocycles. The van der Waals surface area contributed by atoms with E-state index in [4.69, 9.17) is 12.2 Å². The molecule has 0 aromatic carbocycles. The van der Waals surface area contributed by atoms with E-state index in [0.29, 0.717) is 12.8 Å². The van der Waals surface area contributed by atoms with Crippen LogP contribution in [0.4, 0.5) is 0 Å². The molecule has 0 saturated carbocycles. The molecular weight excluding hydrogens is 192 g/mol. The monoisotopic (exact) mass is 212 g/mol. The van der Waals surface area contributed by atoms with Gasteiger partial charge in [-0.15, -0.1) is 12.3 Å². The highest BCUT2D eigenvalue weighted by Gasteiger charge is 2.28. The van der Waals surface area contributed by atoms with Crippen LogP contribution in [0.15, 0.2) is 0 Å². The summed E-state index contributed by atoms with van der Waals surface area (Å²) in [6, 6.07) is -0.695. The number of hydrogen-bond acceptors (Lipinski definition) is 3. The molecule has 1 unspecified atom stereocenters. The first-order valence-corrected chi connectivity index (χ1v) is 5.17. The lowest BCUT2D eigenvalue weighted by molar-refractivity contribution is -0.125. The summed E-state index contributed by atoms with van der Waals surface area (Å²) in [6.45, 7) is 3.73. The van der Waals surface area contributed by atoms with Gasteiger partial charge in [-0.25, -0.2) is 0 Å². The van der Waals surface area contributed by atoms with E-state index < -0.39 is 11.6 Å². The first kappa shape index (κ1) is 13.9. The Hall–Kier alpha value is -1.05. The van der Waals surface area contributed by atoms with Crippen molar-refractivity contribution >= 4 is 5.91 Å². The minimum absolute atomic E-state index is 0.0888. The van der Waals surface area contributed by atoms with Crippen molar-refractivity contribution in [1.82, 2.24) is 5.32 Å². The highest BCUT2D eigenvalue weighted by atomic mass is 16.3. The topological polar surface area (TPSA) is 75.4 Å². The van der Waals surface area contributed by atoms with Crippen LogP contribution in [0.1, 0.15) is 33.1 Å². The number of rotatable bonds is 6. The van der Waals surface area contributed by atoms with Crippen LogP contribution in [0.2, 0.25) is 0 Å². The lowest BCUT2D eigenvalue weighted by Gasteiger charge is -2.31. The third-order valence-electron chi connectivity index (χ3n) is 2.72. The molecule has 1 amide bonds. The van der Waals surface area contributed by atoms with Crippen LogP contribution in [0.25, 0.3) is 0 Å². The summed E-state index contributed by atoms with van der Waals surface area (Å²) in [6.07, 6.45) is 6.60. The van der Waals surface area contributed by atoms with Crippen LogP contribution >= 0.6 is 0 Å². The molecule has 0 radical (unpaired) electrons. The van der Waals surface area contributed by atoms with E-state index in [1.54, 1.807) is 0 Å². The molecule has 0 fully saturated rings. The minimum Gasteiger partial charge on any atom is -0.394 e. The number of terminal acetylenes is 1. The minimum atomic E-state index is -0.695. The van der Waals surface area contributed by atoms with E-state index in [9.17, 15) is 9.90 Å². The summed E-state index contributed by atoms with van der Waals surface area (Å²) in [4.78, 5) is 11.6. The Bertz CT molecular complexity index is 233. The van der Waals surface area contributed by atoms with Crippen LogP contribution in [-0.2, 0) is 4.79 Å². The predicted molar refractivity (Wildman–Crippen MR) is 60.0 cm³/mol. The van der Waals surface area contributed by atoms with E-state index in [-0.39, 0.29) is 18.9 Å². The highest BCUT2D eigenvalue weighted by Crippen LogP contribution is 2.14. The largest absolute Gasteiger partial charge is 0.394 e. The Kier molecular flexibility index (Phi) is 5.99. The van der Waals surface area contributed by atoms with Gasteiger partial charge in [-0.05, 0) is 12.8 Å². The average molecular weight is 212 g/mol. The van der Waals surface area contributed by atoms with Gasteiger partial charge in [0.15, 0.2) is 0 Å². The van der Waals surface area contributed by atoms with Crippen molar-refractivity contribution in [2.75, 3.05) is 6.61 Å². The lowest BCUT2D eigenvalue weighted by atomic mass is 9.93. The summed E-state index contributed by atoms with van der Waals surface area (Å²) in [5.41, 5.74) is 5.00. The summed E-state index contributed by atoms with van der Waals surface area (Å²) in [5.74, 6) is 2.04. The maximum absolute atomic E-state index is 11.6. The van der Waals surface area contributed by atoms with Gasteiger partial charge in [-0.1, -0.05) is 13.8 Å². The number of amides is 1. The summed E-state index contributed by atoms with van der Waals surface area (Å²) >= 11 is 0. The molecule has 86 valence electrons. The molecular formula is C11H20N2O2. The number of carbonyl (C=O) groups excluding carboxylic acids is 1. The molecule has 0 aliphatic rings. The molecule has 4 N–H and O–H groups in total. The molecule has 4 heteroatoms. The van der Waals surface area contributed by atoms with Crippen molar-refractivity contribution in [3.05, 3.63) is 0 Å². The highest BCUT2D eigenvalue weighted by molar-refractivity contribution is 5.82. The van der Waals surface area contributed by atoms with Crippen LogP contribution in [0, 0.1) is 12.3 Å². The fourth-order valence-corrected chi connectivity index (χ4v) is 1.26. The molecule has 15 heavy (non-hydrogen) atoms. The van der Waals surface area contributed by atoms with Crippen LogP contribution in [0.5, 0.6) is 0 Å². The van der Waals surface area contributed by atoms with E-state index >= 15 is 0 Å². The second-order valence-corrected chi connectivity index (χ2v) is 3.65. The molecule has 0 heterocycles. The smallest absolute Gasteiger partial charge is 0.238 e.